The Bertz CT molecular complexity index is 662. The number of anilines is 1. The van der Waals surface area contributed by atoms with Gasteiger partial charge >= 0.3 is 0 Å². The van der Waals surface area contributed by atoms with Crippen molar-refractivity contribution < 1.29 is 5.11 Å². The summed E-state index contributed by atoms with van der Waals surface area (Å²) in [4.78, 5) is 2.20. The number of rotatable bonds is 3. The zero-order valence-corrected chi connectivity index (χ0v) is 14.1. The van der Waals surface area contributed by atoms with Gasteiger partial charge in [0.1, 0.15) is 5.75 Å². The molecule has 0 bridgehead atoms. The summed E-state index contributed by atoms with van der Waals surface area (Å²) < 4.78 is 0. The van der Waals surface area contributed by atoms with Crippen molar-refractivity contribution in [3.8, 4) is 17.0 Å². The molecule has 1 aliphatic rings. The molecule has 2 heterocycles. The lowest BCUT2D eigenvalue weighted by atomic mass is 9.97. The van der Waals surface area contributed by atoms with Crippen molar-refractivity contribution >= 4 is 29.0 Å². The van der Waals surface area contributed by atoms with Gasteiger partial charge in [0.25, 0.3) is 0 Å². The molecule has 1 aromatic carbocycles. The molecule has 0 saturated carbocycles. The van der Waals surface area contributed by atoms with Gasteiger partial charge in [-0.15, -0.1) is 10.2 Å². The normalized spacial score (nSPS) is 15.9. The monoisotopic (exact) mass is 352 g/mol. The maximum Gasteiger partial charge on any atom is 0.151 e. The lowest BCUT2D eigenvalue weighted by Gasteiger charge is -2.31. The Morgan fingerprint density at radius 2 is 1.91 bits per heavy atom. The zero-order chi connectivity index (χ0) is 16.4. The molecule has 23 heavy (non-hydrogen) atoms. The number of hydrogen-bond donors (Lipinski definition) is 2. The third-order valence-electron chi connectivity index (χ3n) is 4.21. The molecule has 3 rings (SSSR count). The second-order valence-corrected chi connectivity index (χ2v) is 6.57. The van der Waals surface area contributed by atoms with Crippen LogP contribution in [0, 0.1) is 5.92 Å². The van der Waals surface area contributed by atoms with Crippen molar-refractivity contribution in [3.63, 3.8) is 0 Å². The number of nitrogens with zero attached hydrogens (tertiary/aromatic N) is 3. The van der Waals surface area contributed by atoms with Gasteiger partial charge in [-0.3, -0.25) is 0 Å². The van der Waals surface area contributed by atoms with Crippen molar-refractivity contribution in [2.75, 3.05) is 24.5 Å². The molecule has 0 radical (unpaired) electrons. The number of aromatic nitrogens is 2. The molecule has 0 aliphatic carbocycles. The maximum atomic E-state index is 10.0. The molecule has 1 aliphatic heterocycles. The first kappa shape index (κ1) is 16.3. The van der Waals surface area contributed by atoms with Crippen LogP contribution in [0.5, 0.6) is 5.75 Å². The van der Waals surface area contributed by atoms with Gasteiger partial charge in [0.15, 0.2) is 5.82 Å². The van der Waals surface area contributed by atoms with E-state index >= 15 is 0 Å². The van der Waals surface area contributed by atoms with E-state index in [0.29, 0.717) is 27.2 Å². The summed E-state index contributed by atoms with van der Waals surface area (Å²) >= 11 is 12.0. The molecule has 7 heteroatoms. The Hall–Kier alpha value is -1.56. The van der Waals surface area contributed by atoms with Crippen LogP contribution in [0.25, 0.3) is 11.3 Å². The third kappa shape index (κ3) is 3.52. The largest absolute Gasteiger partial charge is 0.507 e. The van der Waals surface area contributed by atoms with E-state index in [1.54, 1.807) is 6.07 Å². The highest BCUT2D eigenvalue weighted by Crippen LogP contribution is 2.37. The molecule has 1 fully saturated rings. The number of phenolic OH excluding ortho intramolecular Hbond substituents is 1. The summed E-state index contributed by atoms with van der Waals surface area (Å²) in [6.45, 7) is 2.61. The van der Waals surface area contributed by atoms with Gasteiger partial charge in [0.05, 0.1) is 16.3 Å². The van der Waals surface area contributed by atoms with Crippen molar-refractivity contribution in [1.82, 2.24) is 10.2 Å². The predicted octanol–water partition coefficient (Wildman–Crippen LogP) is 3.33. The number of hydrogen-bond acceptors (Lipinski definition) is 5. The predicted molar refractivity (Wildman–Crippen MR) is 93.1 cm³/mol. The van der Waals surface area contributed by atoms with Gasteiger partial charge in [-0.1, -0.05) is 23.2 Å². The maximum absolute atomic E-state index is 10.0. The number of nitrogens with two attached hydrogens (primary N) is 1. The van der Waals surface area contributed by atoms with E-state index in [0.717, 1.165) is 38.3 Å². The number of piperidine rings is 1. The summed E-state index contributed by atoms with van der Waals surface area (Å²) in [6.07, 6.45) is 2.15. The van der Waals surface area contributed by atoms with Gasteiger partial charge in [-0.05, 0) is 49.6 Å². The standard InChI is InChI=1S/C16H18Cl2N4O/c17-11-7-12(18)16(14(23)8-11)13-1-2-15(21-20-13)22-5-3-10(9-19)4-6-22/h1-2,7-8,10,23H,3-6,9,19H2. The molecule has 122 valence electrons. The third-order valence-corrected chi connectivity index (χ3v) is 4.73. The van der Waals surface area contributed by atoms with Crippen LogP contribution in [-0.2, 0) is 0 Å². The number of halogens is 2. The molecule has 0 spiro atoms. The summed E-state index contributed by atoms with van der Waals surface area (Å²) in [5, 5.41) is 19.3. The molecule has 1 aromatic heterocycles. The Morgan fingerprint density at radius 3 is 2.48 bits per heavy atom. The van der Waals surface area contributed by atoms with Crippen molar-refractivity contribution in [1.29, 1.82) is 0 Å². The molecule has 3 N–H and O–H groups in total. The van der Waals surface area contributed by atoms with E-state index in [-0.39, 0.29) is 5.75 Å². The van der Waals surface area contributed by atoms with E-state index in [4.69, 9.17) is 28.9 Å². The fourth-order valence-electron chi connectivity index (χ4n) is 2.84. The molecular weight excluding hydrogens is 335 g/mol. The van der Waals surface area contributed by atoms with Gasteiger partial charge < -0.3 is 15.7 Å². The lowest BCUT2D eigenvalue weighted by Crippen LogP contribution is -2.36. The molecule has 1 saturated heterocycles. The highest BCUT2D eigenvalue weighted by Gasteiger charge is 2.20. The highest BCUT2D eigenvalue weighted by molar-refractivity contribution is 6.36. The van der Waals surface area contributed by atoms with Crippen molar-refractivity contribution in [2.24, 2.45) is 11.7 Å². The fraction of sp³-hybridized carbons (Fsp3) is 0.375. The molecule has 0 unspecified atom stereocenters. The Balaban J connectivity index is 1.81. The van der Waals surface area contributed by atoms with Crippen molar-refractivity contribution in [3.05, 3.63) is 34.3 Å². The minimum atomic E-state index is -0.00619. The van der Waals surface area contributed by atoms with Crippen LogP contribution in [0.2, 0.25) is 10.0 Å². The van der Waals surface area contributed by atoms with Crippen molar-refractivity contribution in [2.45, 2.75) is 12.8 Å². The molecular formula is C16H18Cl2N4O. The van der Waals surface area contributed by atoms with E-state index in [1.807, 2.05) is 12.1 Å². The topological polar surface area (TPSA) is 75.3 Å². The number of aromatic hydroxyl groups is 1. The summed E-state index contributed by atoms with van der Waals surface area (Å²) in [5.74, 6) is 1.42. The summed E-state index contributed by atoms with van der Waals surface area (Å²) in [7, 11) is 0. The van der Waals surface area contributed by atoms with Gasteiger partial charge in [0.2, 0.25) is 0 Å². The average molecular weight is 353 g/mol. The second-order valence-electron chi connectivity index (χ2n) is 5.72. The Kier molecular flexibility index (Phi) is 4.90. The van der Waals surface area contributed by atoms with E-state index < -0.39 is 0 Å². The fourth-order valence-corrected chi connectivity index (χ4v) is 3.42. The minimum Gasteiger partial charge on any atom is -0.507 e. The Morgan fingerprint density at radius 1 is 1.17 bits per heavy atom. The average Bonchev–Trinajstić information content (AvgIpc) is 2.55. The molecule has 0 amide bonds. The van der Waals surface area contributed by atoms with Crippen LogP contribution < -0.4 is 10.6 Å². The van der Waals surface area contributed by atoms with Gasteiger partial charge in [0, 0.05) is 18.1 Å². The Labute approximate surface area is 145 Å². The van der Waals surface area contributed by atoms with E-state index in [9.17, 15) is 5.11 Å². The first-order chi connectivity index (χ1) is 11.1. The molecule has 0 atom stereocenters. The van der Waals surface area contributed by atoms with Crippen LogP contribution in [0.15, 0.2) is 24.3 Å². The van der Waals surface area contributed by atoms with E-state index in [2.05, 4.69) is 15.1 Å². The second kappa shape index (κ2) is 6.91. The van der Waals surface area contributed by atoms with Gasteiger partial charge in [-0.25, -0.2) is 0 Å². The quantitative estimate of drug-likeness (QED) is 0.885. The van der Waals surface area contributed by atoms with Gasteiger partial charge in [-0.2, -0.15) is 0 Å². The SMILES string of the molecule is NCC1CCN(c2ccc(-c3c(O)cc(Cl)cc3Cl)nn2)CC1. The van der Waals surface area contributed by atoms with Crippen LogP contribution >= 0.6 is 23.2 Å². The first-order valence-corrected chi connectivity index (χ1v) is 8.31. The van der Waals surface area contributed by atoms with Crippen LogP contribution in [0.3, 0.4) is 0 Å². The summed E-state index contributed by atoms with van der Waals surface area (Å²) in [6, 6.07) is 6.73. The number of phenols is 1. The smallest absolute Gasteiger partial charge is 0.151 e. The molecule has 2 aromatic rings. The van der Waals surface area contributed by atoms with Crippen LogP contribution in [0.4, 0.5) is 5.82 Å². The first-order valence-electron chi connectivity index (χ1n) is 7.55. The minimum absolute atomic E-state index is 0.00619. The zero-order valence-electron chi connectivity index (χ0n) is 12.5. The van der Waals surface area contributed by atoms with Crippen LogP contribution in [-0.4, -0.2) is 34.9 Å². The lowest BCUT2D eigenvalue weighted by molar-refractivity contribution is 0.412. The highest BCUT2D eigenvalue weighted by atomic mass is 35.5. The van der Waals surface area contributed by atoms with Crippen LogP contribution in [0.1, 0.15) is 12.8 Å². The van der Waals surface area contributed by atoms with E-state index in [1.165, 1.54) is 6.07 Å². The summed E-state index contributed by atoms with van der Waals surface area (Å²) in [5.41, 5.74) is 6.68. The number of benzene rings is 1. The molecule has 5 nitrogen and oxygen atoms in total.